The van der Waals surface area contributed by atoms with Gasteiger partial charge in [-0.2, -0.15) is 0 Å². The standard InChI is InChI=1S/C32H28FN3O4/c1-18-23(16-21(17-25(18)37)30(38)36-32(12-13-32)27-5-3-4-14-35-27)20-8-11-26-24(15-20)28(31(39)34-2)29(40-26)19-6-9-22(33)10-7-19/h3-11,14-17,28-29,37H,12-13H2,1-2H3,(H,34,39)(H,36,38). The van der Waals surface area contributed by atoms with Crippen molar-refractivity contribution in [1.82, 2.24) is 15.6 Å². The minimum absolute atomic E-state index is 0.00544. The van der Waals surface area contributed by atoms with Crippen LogP contribution in [0.15, 0.2) is 79.0 Å². The summed E-state index contributed by atoms with van der Waals surface area (Å²) in [4.78, 5) is 30.8. The third-order valence-corrected chi connectivity index (χ3v) is 7.84. The highest BCUT2D eigenvalue weighted by Crippen LogP contribution is 2.48. The van der Waals surface area contributed by atoms with E-state index in [9.17, 15) is 19.1 Å². The maximum atomic E-state index is 13.6. The topological polar surface area (TPSA) is 101 Å². The molecule has 40 heavy (non-hydrogen) atoms. The molecule has 0 spiro atoms. The van der Waals surface area contributed by atoms with Gasteiger partial charge in [0.05, 0.1) is 11.2 Å². The van der Waals surface area contributed by atoms with E-state index in [4.69, 9.17) is 4.74 Å². The second-order valence-electron chi connectivity index (χ2n) is 10.4. The van der Waals surface area contributed by atoms with E-state index in [0.717, 1.165) is 24.1 Å². The number of hydrogen-bond acceptors (Lipinski definition) is 5. The maximum absolute atomic E-state index is 13.6. The molecule has 1 fully saturated rings. The first-order chi connectivity index (χ1) is 19.3. The molecule has 8 heteroatoms. The first-order valence-electron chi connectivity index (χ1n) is 13.2. The van der Waals surface area contributed by atoms with E-state index in [1.54, 1.807) is 44.4 Å². The van der Waals surface area contributed by atoms with E-state index in [1.807, 2.05) is 30.3 Å². The van der Waals surface area contributed by atoms with Crippen LogP contribution in [0.25, 0.3) is 11.1 Å². The van der Waals surface area contributed by atoms with Gasteiger partial charge in [0.2, 0.25) is 5.91 Å². The molecular weight excluding hydrogens is 509 g/mol. The lowest BCUT2D eigenvalue weighted by Gasteiger charge is -2.19. The molecule has 2 aliphatic rings. The van der Waals surface area contributed by atoms with Gasteiger partial charge in [0.15, 0.2) is 0 Å². The number of hydrogen-bond donors (Lipinski definition) is 3. The Balaban J connectivity index is 1.35. The van der Waals surface area contributed by atoms with Crippen LogP contribution >= 0.6 is 0 Å². The summed E-state index contributed by atoms with van der Waals surface area (Å²) >= 11 is 0. The van der Waals surface area contributed by atoms with Gasteiger partial charge in [-0.05, 0) is 90.6 Å². The summed E-state index contributed by atoms with van der Waals surface area (Å²) in [5, 5.41) is 16.6. The van der Waals surface area contributed by atoms with Gasteiger partial charge in [0.25, 0.3) is 5.91 Å². The molecule has 4 aromatic rings. The Kier molecular flexibility index (Phi) is 6.25. The molecule has 1 aliphatic heterocycles. The Labute approximate surface area is 231 Å². The summed E-state index contributed by atoms with van der Waals surface area (Å²) in [7, 11) is 1.56. The summed E-state index contributed by atoms with van der Waals surface area (Å²) in [6.07, 6.45) is 2.67. The van der Waals surface area contributed by atoms with E-state index < -0.39 is 17.6 Å². The first kappa shape index (κ1) is 25.6. The number of phenols is 1. The van der Waals surface area contributed by atoms with Gasteiger partial charge in [-0.3, -0.25) is 14.6 Å². The number of nitrogens with one attached hydrogen (secondary N) is 2. The zero-order chi connectivity index (χ0) is 28.0. The predicted octanol–water partition coefficient (Wildman–Crippen LogP) is 5.28. The fraction of sp³-hybridized carbons (Fsp3) is 0.219. The van der Waals surface area contributed by atoms with Crippen molar-refractivity contribution in [2.24, 2.45) is 0 Å². The van der Waals surface area contributed by atoms with Crippen LogP contribution in [0, 0.1) is 12.7 Å². The molecule has 2 amide bonds. The molecule has 0 bridgehead atoms. The lowest BCUT2D eigenvalue weighted by Crippen LogP contribution is -2.35. The third-order valence-electron chi connectivity index (χ3n) is 7.84. The predicted molar refractivity (Wildman–Crippen MR) is 147 cm³/mol. The molecule has 7 nitrogen and oxygen atoms in total. The number of nitrogens with zero attached hydrogens (tertiary/aromatic N) is 1. The lowest BCUT2D eigenvalue weighted by atomic mass is 9.88. The number of halogens is 1. The Morgan fingerprint density at radius 3 is 2.50 bits per heavy atom. The van der Waals surface area contributed by atoms with Crippen LogP contribution in [0.2, 0.25) is 0 Å². The van der Waals surface area contributed by atoms with Gasteiger partial charge in [-0.15, -0.1) is 0 Å². The van der Waals surface area contributed by atoms with Crippen molar-refractivity contribution in [3.8, 4) is 22.6 Å². The van der Waals surface area contributed by atoms with Crippen LogP contribution in [-0.4, -0.2) is 29.0 Å². The molecule has 6 rings (SSSR count). The van der Waals surface area contributed by atoms with Crippen molar-refractivity contribution in [2.75, 3.05) is 7.05 Å². The number of aromatic hydroxyl groups is 1. The highest BCUT2D eigenvalue weighted by molar-refractivity contribution is 5.97. The number of likely N-dealkylation sites (N-methyl/N-ethyl adjacent to an activating group) is 1. The van der Waals surface area contributed by atoms with E-state index in [-0.39, 0.29) is 23.4 Å². The van der Waals surface area contributed by atoms with Gasteiger partial charge in [0, 0.05) is 24.4 Å². The number of aromatic nitrogens is 1. The van der Waals surface area contributed by atoms with Crippen molar-refractivity contribution >= 4 is 11.8 Å². The number of fused-ring (bicyclic) bond motifs is 1. The van der Waals surface area contributed by atoms with Gasteiger partial charge < -0.3 is 20.5 Å². The Morgan fingerprint density at radius 1 is 1.05 bits per heavy atom. The van der Waals surface area contributed by atoms with Crippen molar-refractivity contribution in [3.05, 3.63) is 113 Å². The zero-order valence-electron chi connectivity index (χ0n) is 22.1. The van der Waals surface area contributed by atoms with E-state index >= 15 is 0 Å². The van der Waals surface area contributed by atoms with E-state index in [1.165, 1.54) is 18.2 Å². The van der Waals surface area contributed by atoms with Crippen LogP contribution < -0.4 is 15.4 Å². The van der Waals surface area contributed by atoms with E-state index in [2.05, 4.69) is 15.6 Å². The van der Waals surface area contributed by atoms with Crippen LogP contribution in [0.5, 0.6) is 11.5 Å². The molecule has 2 heterocycles. The molecule has 3 aromatic carbocycles. The normalized spacial score (nSPS) is 18.4. The molecule has 2 atom stereocenters. The molecule has 0 radical (unpaired) electrons. The number of benzene rings is 3. The van der Waals surface area contributed by atoms with Crippen LogP contribution in [0.4, 0.5) is 4.39 Å². The quantitative estimate of drug-likeness (QED) is 0.311. The minimum atomic E-state index is -0.668. The summed E-state index contributed by atoms with van der Waals surface area (Å²) in [6, 6.07) is 20.3. The minimum Gasteiger partial charge on any atom is -0.508 e. The summed E-state index contributed by atoms with van der Waals surface area (Å²) in [5.74, 6) is -1.03. The lowest BCUT2D eigenvalue weighted by molar-refractivity contribution is -0.123. The Hall–Kier alpha value is -4.72. The molecule has 0 saturated heterocycles. The zero-order valence-corrected chi connectivity index (χ0v) is 22.1. The van der Waals surface area contributed by atoms with Gasteiger partial charge in [0.1, 0.15) is 29.3 Å². The smallest absolute Gasteiger partial charge is 0.252 e. The van der Waals surface area contributed by atoms with Gasteiger partial charge in [-0.1, -0.05) is 24.3 Å². The van der Waals surface area contributed by atoms with Crippen molar-refractivity contribution in [3.63, 3.8) is 0 Å². The Bertz CT molecular complexity index is 1620. The molecule has 202 valence electrons. The summed E-state index contributed by atoms with van der Waals surface area (Å²) in [6.45, 7) is 1.78. The van der Waals surface area contributed by atoms with Gasteiger partial charge in [-0.25, -0.2) is 4.39 Å². The number of phenolic OH excluding ortho intramolecular Hbond substituents is 1. The molecular formula is C32H28FN3O4. The van der Waals surface area contributed by atoms with Crippen molar-refractivity contribution < 1.29 is 23.8 Å². The number of carbonyl (C=O) groups excluding carboxylic acids is 2. The number of amides is 2. The maximum Gasteiger partial charge on any atom is 0.252 e. The molecule has 1 saturated carbocycles. The van der Waals surface area contributed by atoms with Crippen LogP contribution in [0.3, 0.4) is 0 Å². The first-order valence-corrected chi connectivity index (χ1v) is 13.2. The van der Waals surface area contributed by atoms with Gasteiger partial charge >= 0.3 is 0 Å². The average molecular weight is 538 g/mol. The second kappa shape index (κ2) is 9.79. The Morgan fingerprint density at radius 2 is 1.82 bits per heavy atom. The van der Waals surface area contributed by atoms with Crippen molar-refractivity contribution in [1.29, 1.82) is 0 Å². The van der Waals surface area contributed by atoms with Crippen LogP contribution in [-0.2, 0) is 10.3 Å². The average Bonchev–Trinajstić information content (AvgIpc) is 3.66. The largest absolute Gasteiger partial charge is 0.508 e. The number of pyridine rings is 1. The fourth-order valence-electron chi connectivity index (χ4n) is 5.42. The van der Waals surface area contributed by atoms with Crippen molar-refractivity contribution in [2.45, 2.75) is 37.3 Å². The molecule has 3 N–H and O–H groups in total. The summed E-state index contributed by atoms with van der Waals surface area (Å²) in [5.41, 5.74) is 3.99. The number of rotatable bonds is 6. The third kappa shape index (κ3) is 4.45. The highest BCUT2D eigenvalue weighted by atomic mass is 19.1. The number of carbonyl (C=O) groups is 2. The second-order valence-corrected chi connectivity index (χ2v) is 10.4. The monoisotopic (exact) mass is 537 g/mol. The fourth-order valence-corrected chi connectivity index (χ4v) is 5.42. The SMILES string of the molecule is CNC(=O)C1c2cc(-c3cc(C(=O)NC4(c5ccccn5)CC4)cc(O)c3C)ccc2OC1c1ccc(F)cc1. The van der Waals surface area contributed by atoms with E-state index in [0.29, 0.717) is 33.6 Å². The number of ether oxygens (including phenoxy) is 1. The highest BCUT2D eigenvalue weighted by Gasteiger charge is 2.47. The summed E-state index contributed by atoms with van der Waals surface area (Å²) < 4.78 is 19.7. The van der Waals surface area contributed by atoms with Crippen LogP contribution in [0.1, 0.15) is 57.6 Å². The molecule has 1 aromatic heterocycles. The molecule has 2 unspecified atom stereocenters. The molecule has 1 aliphatic carbocycles.